The summed E-state index contributed by atoms with van der Waals surface area (Å²) in [6, 6.07) is 0. The second-order valence-corrected chi connectivity index (χ2v) is 4.05. The maximum absolute atomic E-state index is 5.27. The second kappa shape index (κ2) is 5.01. The number of ether oxygens (including phenoxy) is 1. The first-order valence-electron chi connectivity index (χ1n) is 4.09. The van der Waals surface area contributed by atoms with E-state index in [1.54, 1.807) is 0 Å². The van der Waals surface area contributed by atoms with Crippen LogP contribution >= 0.6 is 11.8 Å². The van der Waals surface area contributed by atoms with Gasteiger partial charge in [-0.15, -0.1) is 11.8 Å². The van der Waals surface area contributed by atoms with E-state index in [0.717, 1.165) is 26.3 Å². The van der Waals surface area contributed by atoms with Crippen LogP contribution in [0.15, 0.2) is 0 Å². The van der Waals surface area contributed by atoms with Crippen LogP contribution in [0.4, 0.5) is 0 Å². The van der Waals surface area contributed by atoms with Crippen LogP contribution in [0.3, 0.4) is 0 Å². The van der Waals surface area contributed by atoms with Gasteiger partial charge in [-0.05, 0) is 6.92 Å². The molecule has 1 radical (unpaired) electrons. The van der Waals surface area contributed by atoms with Gasteiger partial charge in [-0.2, -0.15) is 0 Å². The molecule has 1 aliphatic heterocycles. The lowest BCUT2D eigenvalue weighted by atomic mass is 10.4. The van der Waals surface area contributed by atoms with Crippen LogP contribution in [-0.2, 0) is 4.74 Å². The Labute approximate surface area is 73.3 Å². The fourth-order valence-corrected chi connectivity index (χ4v) is 2.00. The van der Waals surface area contributed by atoms with Gasteiger partial charge in [0, 0.05) is 18.8 Å². The monoisotopic (exact) mass is 174 g/mol. The van der Waals surface area contributed by atoms with E-state index in [9.17, 15) is 0 Å². The lowest BCUT2D eigenvalue weighted by Gasteiger charge is -2.31. The first-order chi connectivity index (χ1) is 5.34. The molecular weight excluding hydrogens is 158 g/mol. The quantitative estimate of drug-likeness (QED) is 0.644. The van der Waals surface area contributed by atoms with E-state index in [2.05, 4.69) is 24.5 Å². The number of hydrogen-bond donors (Lipinski definition) is 0. The maximum atomic E-state index is 5.27. The van der Waals surface area contributed by atoms with E-state index in [-0.39, 0.29) is 0 Å². The zero-order chi connectivity index (χ0) is 8.10. The molecule has 0 aromatic carbocycles. The lowest BCUT2D eigenvalue weighted by Crippen LogP contribution is -2.40. The Balaban J connectivity index is 2.21. The minimum Gasteiger partial charge on any atom is -0.379 e. The van der Waals surface area contributed by atoms with Crippen LogP contribution in [0.25, 0.3) is 0 Å². The van der Waals surface area contributed by atoms with Gasteiger partial charge in [0.05, 0.1) is 18.6 Å². The molecule has 65 valence electrons. The zero-order valence-corrected chi connectivity index (χ0v) is 8.06. The highest BCUT2D eigenvalue weighted by molar-refractivity contribution is 8.01. The van der Waals surface area contributed by atoms with E-state index < -0.39 is 0 Å². The van der Waals surface area contributed by atoms with E-state index in [1.165, 1.54) is 0 Å². The number of nitrogens with zero attached hydrogens (tertiary/aromatic N) is 1. The summed E-state index contributed by atoms with van der Waals surface area (Å²) in [6.07, 6.45) is 0. The number of morpholine rings is 1. The Morgan fingerprint density at radius 1 is 1.45 bits per heavy atom. The minimum absolute atomic E-state index is 0.615. The van der Waals surface area contributed by atoms with Gasteiger partial charge in [-0.1, -0.05) is 6.92 Å². The molecule has 1 fully saturated rings. The molecule has 11 heavy (non-hydrogen) atoms. The third-order valence-electron chi connectivity index (χ3n) is 1.89. The van der Waals surface area contributed by atoms with Gasteiger partial charge in [0.15, 0.2) is 0 Å². The van der Waals surface area contributed by atoms with Crippen LogP contribution in [0.5, 0.6) is 0 Å². The Morgan fingerprint density at radius 3 is 2.64 bits per heavy atom. The molecule has 0 aromatic rings. The van der Waals surface area contributed by atoms with Crippen molar-refractivity contribution in [1.29, 1.82) is 0 Å². The molecule has 0 bridgehead atoms. The predicted molar refractivity (Wildman–Crippen MR) is 49.4 cm³/mol. The molecule has 0 N–H and O–H groups in total. The molecule has 0 amide bonds. The molecule has 0 spiro atoms. The van der Waals surface area contributed by atoms with Crippen molar-refractivity contribution in [2.24, 2.45) is 0 Å². The van der Waals surface area contributed by atoms with Gasteiger partial charge in [-0.3, -0.25) is 4.90 Å². The summed E-state index contributed by atoms with van der Waals surface area (Å²) in [5.41, 5.74) is 0. The lowest BCUT2D eigenvalue weighted by molar-refractivity contribution is 0.0352. The molecule has 1 heterocycles. The summed E-state index contributed by atoms with van der Waals surface area (Å²) >= 11 is 1.88. The number of thioether (sulfide) groups is 1. The van der Waals surface area contributed by atoms with Gasteiger partial charge in [-0.25, -0.2) is 0 Å². The first-order valence-corrected chi connectivity index (χ1v) is 5.04. The molecule has 3 heteroatoms. The molecular formula is C8H16NOS. The largest absolute Gasteiger partial charge is 0.379 e. The highest BCUT2D eigenvalue weighted by atomic mass is 32.2. The van der Waals surface area contributed by atoms with Crippen molar-refractivity contribution in [3.63, 3.8) is 0 Å². The van der Waals surface area contributed by atoms with Gasteiger partial charge < -0.3 is 4.74 Å². The molecule has 0 saturated carbocycles. The topological polar surface area (TPSA) is 12.5 Å². The van der Waals surface area contributed by atoms with Gasteiger partial charge in [0.2, 0.25) is 0 Å². The van der Waals surface area contributed by atoms with Crippen molar-refractivity contribution in [2.45, 2.75) is 19.2 Å². The Hall–Kier alpha value is 0.270. The maximum Gasteiger partial charge on any atom is 0.0594 e. The van der Waals surface area contributed by atoms with Gasteiger partial charge >= 0.3 is 0 Å². The van der Waals surface area contributed by atoms with Crippen LogP contribution in [0, 0.1) is 5.75 Å². The van der Waals surface area contributed by atoms with Gasteiger partial charge in [0.1, 0.15) is 0 Å². The van der Waals surface area contributed by atoms with Crippen molar-refractivity contribution in [3.05, 3.63) is 5.75 Å². The normalized spacial score (nSPS) is 23.5. The van der Waals surface area contributed by atoms with Crippen molar-refractivity contribution in [1.82, 2.24) is 4.90 Å². The first kappa shape index (κ1) is 9.36. The van der Waals surface area contributed by atoms with E-state index in [1.807, 2.05) is 11.8 Å². The van der Waals surface area contributed by atoms with Crippen molar-refractivity contribution < 1.29 is 4.74 Å². The van der Waals surface area contributed by atoms with Crippen LogP contribution in [0.2, 0.25) is 0 Å². The highest BCUT2D eigenvalue weighted by Crippen LogP contribution is 2.18. The van der Waals surface area contributed by atoms with Crippen LogP contribution < -0.4 is 0 Å². The zero-order valence-electron chi connectivity index (χ0n) is 7.25. The summed E-state index contributed by atoms with van der Waals surface area (Å²) in [4.78, 5) is 2.45. The predicted octanol–water partition coefficient (Wildman–Crippen LogP) is 1.58. The fraction of sp³-hybridized carbons (Fsp3) is 0.875. The summed E-state index contributed by atoms with van der Waals surface area (Å²) in [5.74, 6) is 2.15. The van der Waals surface area contributed by atoms with Crippen molar-refractivity contribution in [3.8, 4) is 0 Å². The third kappa shape index (κ3) is 3.01. The van der Waals surface area contributed by atoms with Crippen molar-refractivity contribution >= 4 is 11.8 Å². The van der Waals surface area contributed by atoms with E-state index in [0.29, 0.717) is 5.37 Å². The Morgan fingerprint density at radius 2 is 2.09 bits per heavy atom. The SMILES string of the molecule is C[CH]SC(C)N1CCOCC1. The summed E-state index contributed by atoms with van der Waals surface area (Å²) in [7, 11) is 0. The summed E-state index contributed by atoms with van der Waals surface area (Å²) < 4.78 is 5.27. The number of hydrogen-bond acceptors (Lipinski definition) is 3. The molecule has 1 atom stereocenters. The Bertz CT molecular complexity index is 104. The molecule has 1 saturated heterocycles. The van der Waals surface area contributed by atoms with Gasteiger partial charge in [0.25, 0.3) is 0 Å². The van der Waals surface area contributed by atoms with Crippen LogP contribution in [0.1, 0.15) is 13.8 Å². The molecule has 0 aromatic heterocycles. The standard InChI is InChI=1S/C8H16NOS/c1-3-11-8(2)9-4-6-10-7-5-9/h3,8H,4-7H2,1-2H3. The molecule has 1 aliphatic rings. The van der Waals surface area contributed by atoms with Crippen LogP contribution in [-0.4, -0.2) is 36.6 Å². The molecule has 0 aliphatic carbocycles. The molecule has 1 unspecified atom stereocenters. The number of rotatable bonds is 3. The summed E-state index contributed by atoms with van der Waals surface area (Å²) in [5, 5.41) is 0.615. The highest BCUT2D eigenvalue weighted by Gasteiger charge is 2.15. The van der Waals surface area contributed by atoms with Crippen molar-refractivity contribution in [2.75, 3.05) is 26.3 Å². The van der Waals surface area contributed by atoms with E-state index in [4.69, 9.17) is 4.74 Å². The molecule has 2 nitrogen and oxygen atoms in total. The van der Waals surface area contributed by atoms with E-state index >= 15 is 0 Å². The average molecular weight is 174 g/mol. The minimum atomic E-state index is 0.615. The third-order valence-corrected chi connectivity index (χ3v) is 2.86. The smallest absolute Gasteiger partial charge is 0.0594 e. The average Bonchev–Trinajstić information content (AvgIpc) is 2.07. The molecule has 1 rings (SSSR count). The second-order valence-electron chi connectivity index (χ2n) is 2.62. The Kier molecular flexibility index (Phi) is 4.26. The fourth-order valence-electron chi connectivity index (χ4n) is 1.22. The summed E-state index contributed by atoms with van der Waals surface area (Å²) in [6.45, 7) is 8.30.